The van der Waals surface area contributed by atoms with Gasteiger partial charge in [-0.1, -0.05) is 30.3 Å². The summed E-state index contributed by atoms with van der Waals surface area (Å²) in [6, 6.07) is 18.4. The molecule has 28 heavy (non-hydrogen) atoms. The van der Waals surface area contributed by atoms with Crippen molar-refractivity contribution in [3.63, 3.8) is 0 Å². The van der Waals surface area contributed by atoms with E-state index in [1.807, 2.05) is 36.4 Å². The highest BCUT2D eigenvalue weighted by Gasteiger charge is 2.15. The molecule has 1 amide bonds. The second-order valence-corrected chi connectivity index (χ2v) is 5.85. The molecule has 0 saturated heterocycles. The molecule has 142 valence electrons. The highest BCUT2D eigenvalue weighted by Crippen LogP contribution is 2.21. The molecule has 2 aromatic carbocycles. The number of benzene rings is 2. The molecule has 0 aliphatic rings. The van der Waals surface area contributed by atoms with E-state index in [9.17, 15) is 9.18 Å². The molecule has 5 nitrogen and oxygen atoms in total. The van der Waals surface area contributed by atoms with Crippen LogP contribution in [-0.2, 0) is 4.74 Å². The van der Waals surface area contributed by atoms with Crippen molar-refractivity contribution in [2.45, 2.75) is 6.10 Å². The zero-order chi connectivity index (χ0) is 19.8. The summed E-state index contributed by atoms with van der Waals surface area (Å²) < 4.78 is 23.9. The molecule has 1 N–H and O–H groups in total. The topological polar surface area (TPSA) is 60.5 Å². The summed E-state index contributed by atoms with van der Waals surface area (Å²) in [6.45, 7) is 0. The molecule has 0 aliphatic heterocycles. The molecule has 1 heterocycles. The number of nitrogens with one attached hydrogen (secondary N) is 1. The molecule has 6 heteroatoms. The standard InChI is InChI=1S/C22H19FN2O3/c1-27-19-11-8-16(9-12-19)10-13-21(20-7-2-3-14-24-20)28-22(26)25-18-6-4-5-17(23)15-18/h2-15,21H,1H3,(H,25,26)/b13-10+. The number of hydrogen-bond acceptors (Lipinski definition) is 4. The maximum atomic E-state index is 13.3. The third kappa shape index (κ3) is 5.41. The molecule has 0 aliphatic carbocycles. The lowest BCUT2D eigenvalue weighted by molar-refractivity contribution is 0.133. The molecular weight excluding hydrogens is 359 g/mol. The van der Waals surface area contributed by atoms with Gasteiger partial charge in [-0.15, -0.1) is 0 Å². The average molecular weight is 378 g/mol. The summed E-state index contributed by atoms with van der Waals surface area (Å²) in [7, 11) is 1.60. The first-order chi connectivity index (χ1) is 13.6. The third-order valence-corrected chi connectivity index (χ3v) is 3.86. The molecule has 0 bridgehead atoms. The van der Waals surface area contributed by atoms with Crippen molar-refractivity contribution >= 4 is 17.9 Å². The Morgan fingerprint density at radius 1 is 1.11 bits per heavy atom. The molecule has 1 atom stereocenters. The second kappa shape index (κ2) is 9.32. The first-order valence-corrected chi connectivity index (χ1v) is 8.60. The minimum absolute atomic E-state index is 0.309. The van der Waals surface area contributed by atoms with Crippen LogP contribution in [0.15, 0.2) is 79.0 Å². The molecule has 1 aromatic heterocycles. The Labute approximate surface area is 162 Å². The van der Waals surface area contributed by atoms with Crippen molar-refractivity contribution in [1.82, 2.24) is 4.98 Å². The van der Waals surface area contributed by atoms with Gasteiger partial charge >= 0.3 is 6.09 Å². The minimum Gasteiger partial charge on any atom is -0.497 e. The van der Waals surface area contributed by atoms with Crippen LogP contribution in [0.2, 0.25) is 0 Å². The first-order valence-electron chi connectivity index (χ1n) is 8.60. The summed E-state index contributed by atoms with van der Waals surface area (Å²) in [5, 5.41) is 2.52. The Balaban J connectivity index is 1.75. The van der Waals surface area contributed by atoms with Crippen LogP contribution in [0.25, 0.3) is 6.08 Å². The van der Waals surface area contributed by atoms with Gasteiger partial charge in [-0.05, 0) is 54.1 Å². The summed E-state index contributed by atoms with van der Waals surface area (Å²) >= 11 is 0. The van der Waals surface area contributed by atoms with Gasteiger partial charge in [-0.25, -0.2) is 9.18 Å². The number of carbonyl (C=O) groups excluding carboxylic acids is 1. The number of aromatic nitrogens is 1. The van der Waals surface area contributed by atoms with Gasteiger partial charge in [0.25, 0.3) is 0 Å². The Bertz CT molecular complexity index is 944. The smallest absolute Gasteiger partial charge is 0.412 e. The van der Waals surface area contributed by atoms with Crippen LogP contribution in [0.1, 0.15) is 17.4 Å². The molecule has 0 spiro atoms. The maximum absolute atomic E-state index is 13.3. The van der Waals surface area contributed by atoms with Crippen molar-refractivity contribution in [2.75, 3.05) is 12.4 Å². The zero-order valence-electron chi connectivity index (χ0n) is 15.2. The van der Waals surface area contributed by atoms with Crippen molar-refractivity contribution in [1.29, 1.82) is 0 Å². The number of ether oxygens (including phenoxy) is 2. The van der Waals surface area contributed by atoms with Gasteiger partial charge < -0.3 is 9.47 Å². The van der Waals surface area contributed by atoms with Gasteiger partial charge in [-0.3, -0.25) is 10.3 Å². The number of nitrogens with zero attached hydrogens (tertiary/aromatic N) is 1. The van der Waals surface area contributed by atoms with E-state index in [2.05, 4.69) is 10.3 Å². The number of rotatable bonds is 6. The number of anilines is 1. The minimum atomic E-state index is -0.711. The van der Waals surface area contributed by atoms with E-state index in [0.717, 1.165) is 11.3 Å². The van der Waals surface area contributed by atoms with Crippen molar-refractivity contribution in [2.24, 2.45) is 0 Å². The predicted molar refractivity (Wildman–Crippen MR) is 106 cm³/mol. The number of carbonyl (C=O) groups is 1. The van der Waals surface area contributed by atoms with Crippen LogP contribution < -0.4 is 10.1 Å². The van der Waals surface area contributed by atoms with Crippen molar-refractivity contribution < 1.29 is 18.7 Å². The maximum Gasteiger partial charge on any atom is 0.412 e. The number of pyridine rings is 1. The Morgan fingerprint density at radius 3 is 2.61 bits per heavy atom. The average Bonchev–Trinajstić information content (AvgIpc) is 2.72. The van der Waals surface area contributed by atoms with E-state index in [4.69, 9.17) is 9.47 Å². The fourth-order valence-electron chi connectivity index (χ4n) is 2.48. The Kier molecular flexibility index (Phi) is 6.36. The summed E-state index contributed by atoms with van der Waals surface area (Å²) in [5.41, 5.74) is 1.79. The van der Waals surface area contributed by atoms with Crippen LogP contribution in [-0.4, -0.2) is 18.2 Å². The number of amides is 1. The zero-order valence-corrected chi connectivity index (χ0v) is 15.2. The van der Waals surface area contributed by atoms with Gasteiger partial charge in [0.15, 0.2) is 6.10 Å². The lowest BCUT2D eigenvalue weighted by Gasteiger charge is -2.15. The van der Waals surface area contributed by atoms with Crippen LogP contribution >= 0.6 is 0 Å². The number of hydrogen-bond donors (Lipinski definition) is 1. The van der Waals surface area contributed by atoms with E-state index in [1.54, 1.807) is 37.6 Å². The quantitative estimate of drug-likeness (QED) is 0.638. The highest BCUT2D eigenvalue weighted by molar-refractivity contribution is 5.84. The third-order valence-electron chi connectivity index (χ3n) is 3.86. The normalized spacial score (nSPS) is 11.8. The van der Waals surface area contributed by atoms with E-state index in [1.165, 1.54) is 18.2 Å². The van der Waals surface area contributed by atoms with Crippen LogP contribution in [0.5, 0.6) is 5.75 Å². The number of methoxy groups -OCH3 is 1. The molecule has 3 aromatic rings. The molecule has 0 radical (unpaired) electrons. The summed E-state index contributed by atoms with van der Waals surface area (Å²) in [4.78, 5) is 16.5. The molecule has 1 unspecified atom stereocenters. The van der Waals surface area contributed by atoms with Crippen molar-refractivity contribution in [3.05, 3.63) is 96.1 Å². The van der Waals surface area contributed by atoms with Gasteiger partial charge in [0.05, 0.1) is 12.8 Å². The second-order valence-electron chi connectivity index (χ2n) is 5.85. The van der Waals surface area contributed by atoms with E-state index < -0.39 is 18.0 Å². The highest BCUT2D eigenvalue weighted by atomic mass is 19.1. The van der Waals surface area contributed by atoms with E-state index >= 15 is 0 Å². The van der Waals surface area contributed by atoms with Gasteiger partial charge in [0.1, 0.15) is 11.6 Å². The van der Waals surface area contributed by atoms with Crippen LogP contribution in [0.4, 0.5) is 14.9 Å². The lowest BCUT2D eigenvalue weighted by Crippen LogP contribution is -2.17. The molecule has 0 fully saturated rings. The fraction of sp³-hybridized carbons (Fsp3) is 0.0909. The molecule has 3 rings (SSSR count). The predicted octanol–water partition coefficient (Wildman–Crippen LogP) is 5.23. The summed E-state index contributed by atoms with van der Waals surface area (Å²) in [6.07, 6.45) is 3.76. The largest absolute Gasteiger partial charge is 0.497 e. The monoisotopic (exact) mass is 378 g/mol. The SMILES string of the molecule is COc1ccc(/C=C/C(OC(=O)Nc2cccc(F)c2)c2ccccn2)cc1. The molecular formula is C22H19FN2O3. The van der Waals surface area contributed by atoms with Crippen molar-refractivity contribution in [3.8, 4) is 5.75 Å². The summed E-state index contributed by atoms with van der Waals surface area (Å²) in [5.74, 6) is 0.308. The molecule has 0 saturated carbocycles. The lowest BCUT2D eigenvalue weighted by atomic mass is 10.1. The van der Waals surface area contributed by atoms with Crippen LogP contribution in [0, 0.1) is 5.82 Å². The van der Waals surface area contributed by atoms with Gasteiger partial charge in [0.2, 0.25) is 0 Å². The first kappa shape index (κ1) is 19.1. The Morgan fingerprint density at radius 2 is 1.93 bits per heavy atom. The fourth-order valence-corrected chi connectivity index (χ4v) is 2.48. The van der Waals surface area contributed by atoms with Gasteiger partial charge in [-0.2, -0.15) is 0 Å². The number of halogens is 1. The van der Waals surface area contributed by atoms with E-state index in [0.29, 0.717) is 11.4 Å². The van der Waals surface area contributed by atoms with Gasteiger partial charge in [0, 0.05) is 11.9 Å². The van der Waals surface area contributed by atoms with Crippen LogP contribution in [0.3, 0.4) is 0 Å². The Hall–Kier alpha value is -3.67. The van der Waals surface area contributed by atoms with E-state index in [-0.39, 0.29) is 0 Å².